The largest absolute Gasteiger partial charge is 0.326 e. The molecule has 0 bridgehead atoms. The third kappa shape index (κ3) is 4.30. The monoisotopic (exact) mass is 282 g/mol. The number of sulfonamides is 1. The lowest BCUT2D eigenvalue weighted by molar-refractivity contribution is 0.538. The Morgan fingerprint density at radius 2 is 1.84 bits per heavy atom. The molecule has 2 rings (SSSR count). The first kappa shape index (κ1) is 14.5. The smallest absolute Gasteiger partial charge is 0.216 e. The Morgan fingerprint density at radius 3 is 2.37 bits per heavy atom. The van der Waals surface area contributed by atoms with E-state index < -0.39 is 10.0 Å². The Balaban J connectivity index is 1.96. The van der Waals surface area contributed by atoms with Gasteiger partial charge in [0.1, 0.15) is 0 Å². The molecule has 1 fully saturated rings. The maximum absolute atomic E-state index is 12.1. The van der Waals surface area contributed by atoms with Crippen LogP contribution in [0.2, 0.25) is 0 Å². The van der Waals surface area contributed by atoms with Crippen LogP contribution in [0.1, 0.15) is 37.3 Å². The molecule has 1 aliphatic rings. The van der Waals surface area contributed by atoms with Gasteiger partial charge in [-0.05, 0) is 36.3 Å². The molecule has 0 aromatic heterocycles. The molecule has 0 aliphatic heterocycles. The molecule has 5 heteroatoms. The lowest BCUT2D eigenvalue weighted by Crippen LogP contribution is -2.33. The summed E-state index contributed by atoms with van der Waals surface area (Å²) in [5.41, 5.74) is 7.33. The zero-order valence-electron chi connectivity index (χ0n) is 11.3. The van der Waals surface area contributed by atoms with Crippen molar-refractivity contribution in [3.8, 4) is 0 Å². The molecule has 3 N–H and O–H groups in total. The fraction of sp³-hybridized carbons (Fsp3) is 0.571. The van der Waals surface area contributed by atoms with Crippen molar-refractivity contribution >= 4 is 10.0 Å². The van der Waals surface area contributed by atoms with Crippen molar-refractivity contribution in [2.45, 2.75) is 44.5 Å². The van der Waals surface area contributed by atoms with E-state index in [-0.39, 0.29) is 11.8 Å². The van der Waals surface area contributed by atoms with Gasteiger partial charge in [-0.1, -0.05) is 31.2 Å². The van der Waals surface area contributed by atoms with Crippen LogP contribution in [-0.2, 0) is 22.3 Å². The van der Waals surface area contributed by atoms with Gasteiger partial charge in [0.05, 0.1) is 5.75 Å². The van der Waals surface area contributed by atoms with Crippen LogP contribution in [0.25, 0.3) is 0 Å². The number of rotatable bonds is 5. The van der Waals surface area contributed by atoms with E-state index in [2.05, 4.69) is 11.6 Å². The summed E-state index contributed by atoms with van der Waals surface area (Å²) in [7, 11) is -3.24. The van der Waals surface area contributed by atoms with Crippen LogP contribution in [0.15, 0.2) is 24.3 Å². The van der Waals surface area contributed by atoms with E-state index in [1.54, 1.807) is 0 Å². The molecule has 1 saturated carbocycles. The minimum Gasteiger partial charge on any atom is -0.326 e. The molecule has 1 aliphatic carbocycles. The number of hydrogen-bond donors (Lipinski definition) is 2. The van der Waals surface area contributed by atoms with Crippen molar-refractivity contribution in [1.29, 1.82) is 0 Å². The highest BCUT2D eigenvalue weighted by Crippen LogP contribution is 2.25. The van der Waals surface area contributed by atoms with Crippen LogP contribution >= 0.6 is 0 Å². The van der Waals surface area contributed by atoms with Gasteiger partial charge in [0, 0.05) is 12.6 Å². The number of hydrogen-bond acceptors (Lipinski definition) is 3. The quantitative estimate of drug-likeness (QED) is 0.864. The highest BCUT2D eigenvalue weighted by Gasteiger charge is 2.25. The van der Waals surface area contributed by atoms with Gasteiger partial charge in [-0.15, -0.1) is 0 Å². The minimum absolute atomic E-state index is 0.0444. The highest BCUT2D eigenvalue weighted by atomic mass is 32.2. The molecule has 1 aromatic carbocycles. The van der Waals surface area contributed by atoms with E-state index in [1.165, 1.54) is 0 Å². The topological polar surface area (TPSA) is 72.2 Å². The van der Waals surface area contributed by atoms with E-state index in [9.17, 15) is 8.42 Å². The highest BCUT2D eigenvalue weighted by molar-refractivity contribution is 7.88. The maximum atomic E-state index is 12.1. The third-order valence-electron chi connectivity index (χ3n) is 3.66. The van der Waals surface area contributed by atoms with Crippen molar-refractivity contribution in [3.05, 3.63) is 35.4 Å². The summed E-state index contributed by atoms with van der Waals surface area (Å²) >= 11 is 0. The Bertz CT molecular complexity index is 511. The standard InChI is InChI=1S/C14H22N2O2S/c1-11-2-7-14(8-11)16-19(17,18)10-13-5-3-12(9-15)4-6-13/h3-6,11,14,16H,2,7-10,15H2,1H3. The molecule has 0 amide bonds. The van der Waals surface area contributed by atoms with Crippen LogP contribution in [0, 0.1) is 5.92 Å². The van der Waals surface area contributed by atoms with Gasteiger partial charge in [-0.3, -0.25) is 0 Å². The molecule has 0 saturated heterocycles. The lowest BCUT2D eigenvalue weighted by atomic mass is 10.1. The van der Waals surface area contributed by atoms with E-state index in [0.29, 0.717) is 12.5 Å². The first-order chi connectivity index (χ1) is 8.98. The molecule has 19 heavy (non-hydrogen) atoms. The normalized spacial score (nSPS) is 23.7. The summed E-state index contributed by atoms with van der Waals surface area (Å²) in [6, 6.07) is 7.53. The molecule has 1 aromatic rings. The van der Waals surface area contributed by atoms with Crippen molar-refractivity contribution in [2.24, 2.45) is 11.7 Å². The molecule has 2 unspecified atom stereocenters. The van der Waals surface area contributed by atoms with Crippen LogP contribution < -0.4 is 10.5 Å². The molecule has 0 spiro atoms. The molecular weight excluding hydrogens is 260 g/mol. The molecule has 4 nitrogen and oxygen atoms in total. The number of nitrogens with one attached hydrogen (secondary N) is 1. The van der Waals surface area contributed by atoms with Crippen LogP contribution in [0.5, 0.6) is 0 Å². The fourth-order valence-electron chi connectivity index (χ4n) is 2.60. The second kappa shape index (κ2) is 6.03. The summed E-state index contributed by atoms with van der Waals surface area (Å²) in [6.45, 7) is 2.64. The van der Waals surface area contributed by atoms with Crippen LogP contribution in [0.3, 0.4) is 0 Å². The predicted molar refractivity (Wildman–Crippen MR) is 76.9 cm³/mol. The average molecular weight is 282 g/mol. The van der Waals surface area contributed by atoms with Gasteiger partial charge in [-0.25, -0.2) is 13.1 Å². The molecule has 2 atom stereocenters. The Morgan fingerprint density at radius 1 is 1.21 bits per heavy atom. The van der Waals surface area contributed by atoms with Crippen molar-refractivity contribution in [2.75, 3.05) is 0 Å². The molecule has 0 radical (unpaired) electrons. The zero-order chi connectivity index (χ0) is 13.9. The Kier molecular flexibility index (Phi) is 4.60. The summed E-state index contributed by atoms with van der Waals surface area (Å²) in [4.78, 5) is 0. The second-order valence-corrected chi connectivity index (χ2v) is 7.27. The SMILES string of the molecule is CC1CCC(NS(=O)(=O)Cc2ccc(CN)cc2)C1. The van der Waals surface area contributed by atoms with Crippen molar-refractivity contribution < 1.29 is 8.42 Å². The molecule has 106 valence electrons. The third-order valence-corrected chi connectivity index (χ3v) is 5.06. The van der Waals surface area contributed by atoms with Gasteiger partial charge in [0.15, 0.2) is 0 Å². The van der Waals surface area contributed by atoms with Crippen molar-refractivity contribution in [3.63, 3.8) is 0 Å². The zero-order valence-corrected chi connectivity index (χ0v) is 12.1. The Hall–Kier alpha value is -0.910. The number of benzene rings is 1. The first-order valence-electron chi connectivity index (χ1n) is 6.76. The fourth-order valence-corrected chi connectivity index (χ4v) is 4.04. The van der Waals surface area contributed by atoms with E-state index in [1.807, 2.05) is 24.3 Å². The van der Waals surface area contributed by atoms with Gasteiger partial charge < -0.3 is 5.73 Å². The number of nitrogens with two attached hydrogens (primary N) is 1. The summed E-state index contributed by atoms with van der Waals surface area (Å²) < 4.78 is 27.0. The first-order valence-corrected chi connectivity index (χ1v) is 8.41. The van der Waals surface area contributed by atoms with Gasteiger partial charge in [0.25, 0.3) is 0 Å². The van der Waals surface area contributed by atoms with E-state index >= 15 is 0 Å². The van der Waals surface area contributed by atoms with Gasteiger partial charge >= 0.3 is 0 Å². The minimum atomic E-state index is -3.24. The van der Waals surface area contributed by atoms with E-state index in [4.69, 9.17) is 5.73 Å². The predicted octanol–water partition coefficient (Wildman–Crippen LogP) is 1.75. The van der Waals surface area contributed by atoms with E-state index in [0.717, 1.165) is 30.4 Å². The average Bonchev–Trinajstić information content (AvgIpc) is 2.74. The molecular formula is C14H22N2O2S. The summed E-state index contributed by atoms with van der Waals surface area (Å²) in [6.07, 6.45) is 3.01. The molecule has 0 heterocycles. The van der Waals surface area contributed by atoms with Crippen LogP contribution in [-0.4, -0.2) is 14.5 Å². The second-order valence-electron chi connectivity index (χ2n) is 5.51. The summed E-state index contributed by atoms with van der Waals surface area (Å²) in [5, 5.41) is 0. The summed E-state index contributed by atoms with van der Waals surface area (Å²) in [5.74, 6) is 0.666. The maximum Gasteiger partial charge on any atom is 0.216 e. The lowest BCUT2D eigenvalue weighted by Gasteiger charge is -2.13. The van der Waals surface area contributed by atoms with Crippen molar-refractivity contribution in [1.82, 2.24) is 4.72 Å². The van der Waals surface area contributed by atoms with Gasteiger partial charge in [-0.2, -0.15) is 0 Å². The van der Waals surface area contributed by atoms with Gasteiger partial charge in [0.2, 0.25) is 10.0 Å². The van der Waals surface area contributed by atoms with Crippen LogP contribution in [0.4, 0.5) is 0 Å². The Labute approximate surface area is 115 Å².